The Bertz CT molecular complexity index is 1140. The van der Waals surface area contributed by atoms with E-state index in [0.29, 0.717) is 5.17 Å². The van der Waals surface area contributed by atoms with Gasteiger partial charge in [0.1, 0.15) is 10.6 Å². The molecule has 1 heterocycles. The van der Waals surface area contributed by atoms with Crippen molar-refractivity contribution >= 4 is 39.2 Å². The molecule has 0 unspecified atom stereocenters. The lowest BCUT2D eigenvalue weighted by atomic mass is 10.1. The summed E-state index contributed by atoms with van der Waals surface area (Å²) in [6, 6.07) is 13.0. The molecule has 0 saturated carbocycles. The Balaban J connectivity index is 1.43. The number of carbonyl (C=O) groups is 1. The van der Waals surface area contributed by atoms with Gasteiger partial charge in [-0.15, -0.1) is 5.10 Å². The van der Waals surface area contributed by atoms with Gasteiger partial charge in [0, 0.05) is 0 Å². The van der Waals surface area contributed by atoms with Crippen LogP contribution in [0.15, 0.2) is 63.6 Å². The monoisotopic (exact) mass is 529 g/mol. The fraction of sp³-hybridized carbons (Fsp3) is 0.444. The van der Waals surface area contributed by atoms with E-state index in [9.17, 15) is 13.2 Å². The molecular formula is C27H35N3O4S2. The highest BCUT2D eigenvalue weighted by molar-refractivity contribution is 8.15. The third-order valence-corrected chi connectivity index (χ3v) is 8.25. The molecule has 1 fully saturated rings. The number of amidine groups is 1. The van der Waals surface area contributed by atoms with Crippen LogP contribution in [0.1, 0.15) is 75.8 Å². The maximum atomic E-state index is 12.4. The molecule has 1 atom stereocenters. The van der Waals surface area contributed by atoms with Gasteiger partial charge in [-0.05, 0) is 55.3 Å². The zero-order valence-corrected chi connectivity index (χ0v) is 22.6. The number of benzene rings is 2. The third-order valence-electron chi connectivity index (χ3n) is 5.85. The Morgan fingerprint density at radius 3 is 2.25 bits per heavy atom. The van der Waals surface area contributed by atoms with Gasteiger partial charge in [0.2, 0.25) is 5.91 Å². The van der Waals surface area contributed by atoms with E-state index < -0.39 is 10.1 Å². The summed E-state index contributed by atoms with van der Waals surface area (Å²) in [5.74, 6) is 0.203. The van der Waals surface area contributed by atoms with Crippen LogP contribution in [-0.2, 0) is 14.9 Å². The predicted octanol–water partition coefficient (Wildman–Crippen LogP) is 6.22. The first-order chi connectivity index (χ1) is 17.4. The van der Waals surface area contributed by atoms with Gasteiger partial charge in [-0.2, -0.15) is 13.5 Å². The van der Waals surface area contributed by atoms with Crippen LogP contribution in [0.25, 0.3) is 0 Å². The van der Waals surface area contributed by atoms with Gasteiger partial charge in [-0.1, -0.05) is 87.7 Å². The Morgan fingerprint density at radius 2 is 1.58 bits per heavy atom. The van der Waals surface area contributed by atoms with Crippen LogP contribution in [0.3, 0.4) is 0 Å². The summed E-state index contributed by atoms with van der Waals surface area (Å²) < 4.78 is 30.0. The minimum Gasteiger partial charge on any atom is -0.379 e. The molecule has 0 radical (unpaired) electrons. The van der Waals surface area contributed by atoms with Crippen LogP contribution in [0.2, 0.25) is 0 Å². The van der Waals surface area contributed by atoms with Crippen LogP contribution in [0.4, 0.5) is 0 Å². The number of hydrogen-bond acceptors (Lipinski definition) is 7. The number of amides is 1. The van der Waals surface area contributed by atoms with E-state index in [4.69, 9.17) is 4.18 Å². The standard InChI is InChI=1S/C27H35N3O4S2/c1-3-4-5-6-7-8-9-10-11-25-26(31)29-27(35-25)30-28-20-22-14-16-23(17-15-22)34-36(32,33)24-18-12-21(2)13-19-24/h12-20,25H,3-11H2,1-2H3,(H,29,30,31)/b28-20-/t25-/m1/s1. The molecule has 1 N–H and O–H groups in total. The Labute approximate surface area is 219 Å². The van der Waals surface area contributed by atoms with Gasteiger partial charge in [0.15, 0.2) is 5.17 Å². The molecule has 1 aliphatic rings. The van der Waals surface area contributed by atoms with Gasteiger partial charge < -0.3 is 9.50 Å². The summed E-state index contributed by atoms with van der Waals surface area (Å²) in [4.78, 5) is 12.3. The fourth-order valence-corrected chi connectivity index (χ4v) is 5.65. The maximum absolute atomic E-state index is 12.4. The van der Waals surface area contributed by atoms with Crippen LogP contribution in [-0.4, -0.2) is 31.0 Å². The van der Waals surface area contributed by atoms with Gasteiger partial charge >= 0.3 is 10.1 Å². The van der Waals surface area contributed by atoms with Crippen molar-refractivity contribution in [1.82, 2.24) is 5.32 Å². The lowest BCUT2D eigenvalue weighted by molar-refractivity contribution is -0.118. The SMILES string of the molecule is CCCCCCCCCC[C@H]1S/C(=N\N=C/c2ccc(OS(=O)(=O)c3ccc(C)cc3)cc2)NC1=O. The summed E-state index contributed by atoms with van der Waals surface area (Å²) in [5, 5.41) is 11.4. The van der Waals surface area contributed by atoms with Crippen molar-refractivity contribution in [1.29, 1.82) is 0 Å². The molecule has 9 heteroatoms. The van der Waals surface area contributed by atoms with Crippen LogP contribution in [0, 0.1) is 6.92 Å². The van der Waals surface area contributed by atoms with Crippen LogP contribution >= 0.6 is 11.8 Å². The van der Waals surface area contributed by atoms with Crippen molar-refractivity contribution in [3.05, 3.63) is 59.7 Å². The van der Waals surface area contributed by atoms with Gasteiger partial charge in [0.25, 0.3) is 0 Å². The molecule has 2 aromatic carbocycles. The zero-order valence-electron chi connectivity index (χ0n) is 21.0. The van der Waals surface area contributed by atoms with Gasteiger partial charge in [0.05, 0.1) is 11.5 Å². The van der Waals surface area contributed by atoms with E-state index in [1.807, 2.05) is 6.92 Å². The number of nitrogens with one attached hydrogen (secondary N) is 1. The Kier molecular flexibility index (Phi) is 11.0. The van der Waals surface area contributed by atoms with Crippen molar-refractivity contribution in [2.24, 2.45) is 10.2 Å². The summed E-state index contributed by atoms with van der Waals surface area (Å²) in [6.45, 7) is 4.11. The summed E-state index contributed by atoms with van der Waals surface area (Å²) in [6.07, 6.45) is 12.3. The first-order valence-electron chi connectivity index (χ1n) is 12.6. The van der Waals surface area contributed by atoms with E-state index in [2.05, 4.69) is 22.4 Å². The molecule has 3 rings (SSSR count). The molecule has 0 aliphatic carbocycles. The van der Waals surface area contributed by atoms with Crippen molar-refractivity contribution in [3.8, 4) is 5.75 Å². The highest BCUT2D eigenvalue weighted by Gasteiger charge is 2.29. The van der Waals surface area contributed by atoms with E-state index in [-0.39, 0.29) is 21.8 Å². The highest BCUT2D eigenvalue weighted by atomic mass is 32.2. The second kappa shape index (κ2) is 14.2. The third kappa shape index (κ3) is 9.09. The average molecular weight is 530 g/mol. The molecule has 1 aliphatic heterocycles. The molecule has 0 bridgehead atoms. The summed E-state index contributed by atoms with van der Waals surface area (Å²) in [5.41, 5.74) is 1.69. The first-order valence-corrected chi connectivity index (χ1v) is 14.9. The topological polar surface area (TPSA) is 97.2 Å². The molecule has 1 saturated heterocycles. The normalized spacial score (nSPS) is 17.1. The summed E-state index contributed by atoms with van der Waals surface area (Å²) >= 11 is 1.43. The molecular weight excluding hydrogens is 494 g/mol. The molecule has 2 aromatic rings. The smallest absolute Gasteiger partial charge is 0.339 e. The van der Waals surface area contributed by atoms with Crippen LogP contribution < -0.4 is 9.50 Å². The van der Waals surface area contributed by atoms with Gasteiger partial charge in [-0.3, -0.25) is 4.79 Å². The minimum atomic E-state index is -3.90. The molecule has 194 valence electrons. The number of rotatable bonds is 14. The number of carbonyl (C=O) groups excluding carboxylic acids is 1. The highest BCUT2D eigenvalue weighted by Crippen LogP contribution is 2.25. The number of thioether (sulfide) groups is 1. The lowest BCUT2D eigenvalue weighted by Gasteiger charge is -2.07. The number of unbranched alkanes of at least 4 members (excludes halogenated alkanes) is 7. The average Bonchev–Trinajstić information content (AvgIpc) is 3.21. The zero-order chi connectivity index (χ0) is 25.8. The molecule has 0 spiro atoms. The molecule has 7 nitrogen and oxygen atoms in total. The van der Waals surface area contributed by atoms with E-state index in [1.54, 1.807) is 42.6 Å². The minimum absolute atomic E-state index is 0.00631. The van der Waals surface area contributed by atoms with Crippen molar-refractivity contribution < 1.29 is 17.4 Å². The molecule has 36 heavy (non-hydrogen) atoms. The van der Waals surface area contributed by atoms with Gasteiger partial charge in [-0.25, -0.2) is 0 Å². The first kappa shape index (κ1) is 27.9. The number of hydrogen-bond donors (Lipinski definition) is 1. The molecule has 1 amide bonds. The predicted molar refractivity (Wildman–Crippen MR) is 147 cm³/mol. The second-order valence-corrected chi connectivity index (χ2v) is 11.7. The maximum Gasteiger partial charge on any atom is 0.339 e. The number of nitrogens with zero attached hydrogens (tertiary/aromatic N) is 2. The summed E-state index contributed by atoms with van der Waals surface area (Å²) in [7, 11) is -3.90. The second-order valence-electron chi connectivity index (χ2n) is 8.93. The lowest BCUT2D eigenvalue weighted by Crippen LogP contribution is -2.24. The van der Waals surface area contributed by atoms with E-state index in [1.165, 1.54) is 62.4 Å². The van der Waals surface area contributed by atoms with E-state index >= 15 is 0 Å². The number of aryl methyl sites for hydroxylation is 1. The van der Waals surface area contributed by atoms with Crippen LogP contribution in [0.5, 0.6) is 5.75 Å². The largest absolute Gasteiger partial charge is 0.379 e. The van der Waals surface area contributed by atoms with E-state index in [0.717, 1.165) is 30.4 Å². The van der Waals surface area contributed by atoms with Crippen molar-refractivity contribution in [3.63, 3.8) is 0 Å². The van der Waals surface area contributed by atoms with Crippen molar-refractivity contribution in [2.45, 2.75) is 81.8 Å². The Hall–Kier alpha value is -2.65. The fourth-order valence-electron chi connectivity index (χ4n) is 3.74. The molecule has 0 aromatic heterocycles. The Morgan fingerprint density at radius 1 is 0.944 bits per heavy atom. The quantitative estimate of drug-likeness (QED) is 0.136. The van der Waals surface area contributed by atoms with Crippen molar-refractivity contribution in [2.75, 3.05) is 0 Å².